The number of hydrogen-bond donors (Lipinski definition) is 0. The monoisotopic (exact) mass is 284 g/mol. The van der Waals surface area contributed by atoms with Crippen LogP contribution in [0.4, 0.5) is 8.78 Å². The van der Waals surface area contributed by atoms with Crippen molar-refractivity contribution in [3.63, 3.8) is 0 Å². The Balaban J connectivity index is 2.23. The molecule has 1 atom stereocenters. The first-order valence-electron chi connectivity index (χ1n) is 6.51. The number of alkyl halides is 2. The van der Waals surface area contributed by atoms with Crippen LogP contribution >= 0.6 is 0 Å². The van der Waals surface area contributed by atoms with E-state index in [1.54, 1.807) is 6.20 Å². The molecule has 1 aromatic heterocycles. The van der Waals surface area contributed by atoms with E-state index in [1.807, 2.05) is 19.1 Å². The fourth-order valence-electron chi connectivity index (χ4n) is 2.03. The number of halogens is 2. The minimum atomic E-state index is -2.74. The molecular weight excluding hydrogens is 266 g/mol. The van der Waals surface area contributed by atoms with E-state index in [0.29, 0.717) is 13.0 Å². The van der Waals surface area contributed by atoms with Crippen LogP contribution in [0.1, 0.15) is 37.6 Å². The summed E-state index contributed by atoms with van der Waals surface area (Å²) in [5, 5.41) is 1.08. The Kier molecular flexibility index (Phi) is 4.04. The second-order valence-electron chi connectivity index (χ2n) is 5.52. The van der Waals surface area contributed by atoms with Gasteiger partial charge in [0.25, 0.3) is 12.3 Å². The van der Waals surface area contributed by atoms with Gasteiger partial charge in [0.1, 0.15) is 5.41 Å². The molecule has 6 heteroatoms. The maximum Gasteiger partial charge on any atom is 0.258 e. The third-order valence-corrected chi connectivity index (χ3v) is 3.52. The molecule has 1 saturated heterocycles. The Labute approximate surface area is 116 Å². The minimum Gasteiger partial charge on any atom is -0.272 e. The van der Waals surface area contributed by atoms with Crippen LogP contribution < -0.4 is 0 Å². The lowest BCUT2D eigenvalue weighted by atomic mass is 9.92. The smallest absolute Gasteiger partial charge is 0.258 e. The molecule has 1 amide bonds. The largest absolute Gasteiger partial charge is 0.272 e. The quantitative estimate of drug-likeness (QED) is 0.857. The first-order valence-corrected chi connectivity index (χ1v) is 6.51. The van der Waals surface area contributed by atoms with Gasteiger partial charge in [-0.05, 0) is 32.4 Å². The number of carbonyl (C=O) groups excluding carboxylic acids is 1. The molecule has 0 aromatic carbocycles. The minimum absolute atomic E-state index is 0.337. The van der Waals surface area contributed by atoms with Gasteiger partial charge in [-0.2, -0.15) is 0 Å². The Hall–Kier alpha value is -1.56. The van der Waals surface area contributed by atoms with Gasteiger partial charge in [-0.15, -0.1) is 0 Å². The van der Waals surface area contributed by atoms with Crippen molar-refractivity contribution >= 4 is 5.91 Å². The van der Waals surface area contributed by atoms with Gasteiger partial charge >= 0.3 is 0 Å². The summed E-state index contributed by atoms with van der Waals surface area (Å²) >= 11 is 0. The summed E-state index contributed by atoms with van der Waals surface area (Å²) in [6, 6.07) is 3.32. The number of carbonyl (C=O) groups is 1. The van der Waals surface area contributed by atoms with Crippen molar-refractivity contribution in [2.24, 2.45) is 5.41 Å². The number of pyridine rings is 1. The first-order chi connectivity index (χ1) is 9.34. The first kappa shape index (κ1) is 14.8. The number of aryl methyl sites for hydroxylation is 1. The normalized spacial score (nSPS) is 19.7. The van der Waals surface area contributed by atoms with E-state index in [0.717, 1.165) is 16.3 Å². The number of amides is 1. The van der Waals surface area contributed by atoms with E-state index in [1.165, 1.54) is 13.8 Å². The topological polar surface area (TPSA) is 42.4 Å². The van der Waals surface area contributed by atoms with Crippen LogP contribution in [0.2, 0.25) is 0 Å². The SMILES string of the molecule is Cc1ccc(C2CCON2C(=O)C(C)(C)C(F)F)cn1. The summed E-state index contributed by atoms with van der Waals surface area (Å²) in [7, 11) is 0. The summed E-state index contributed by atoms with van der Waals surface area (Å²) in [5.74, 6) is -0.699. The van der Waals surface area contributed by atoms with Crippen molar-refractivity contribution < 1.29 is 18.4 Å². The van der Waals surface area contributed by atoms with Crippen molar-refractivity contribution in [3.05, 3.63) is 29.6 Å². The summed E-state index contributed by atoms with van der Waals surface area (Å²) < 4.78 is 26.0. The highest BCUT2D eigenvalue weighted by Crippen LogP contribution is 2.36. The molecule has 20 heavy (non-hydrogen) atoms. The van der Waals surface area contributed by atoms with Crippen LogP contribution in [0, 0.1) is 12.3 Å². The lowest BCUT2D eigenvalue weighted by molar-refractivity contribution is -0.194. The molecule has 1 unspecified atom stereocenters. The number of rotatable bonds is 3. The van der Waals surface area contributed by atoms with Crippen LogP contribution in [-0.2, 0) is 9.63 Å². The molecule has 1 aliphatic rings. The average molecular weight is 284 g/mol. The van der Waals surface area contributed by atoms with Crippen molar-refractivity contribution in [1.82, 2.24) is 10.0 Å². The molecule has 0 bridgehead atoms. The van der Waals surface area contributed by atoms with Crippen LogP contribution in [0.3, 0.4) is 0 Å². The zero-order valence-corrected chi connectivity index (χ0v) is 11.8. The molecule has 0 saturated carbocycles. The third-order valence-electron chi connectivity index (χ3n) is 3.52. The number of hydroxylamine groups is 2. The summed E-state index contributed by atoms with van der Waals surface area (Å²) in [6.45, 7) is 4.65. The Bertz CT molecular complexity index is 488. The lowest BCUT2D eigenvalue weighted by Crippen LogP contribution is -2.43. The standard InChI is InChI=1S/C14H18F2N2O2/c1-9-4-5-10(8-17-9)11-6-7-20-18(11)13(19)14(2,3)12(15)16/h4-5,8,11-12H,6-7H2,1-3H3. The van der Waals surface area contributed by atoms with E-state index in [4.69, 9.17) is 4.84 Å². The highest BCUT2D eigenvalue weighted by atomic mass is 19.3. The number of hydrogen-bond acceptors (Lipinski definition) is 3. The van der Waals surface area contributed by atoms with E-state index >= 15 is 0 Å². The summed E-state index contributed by atoms with van der Waals surface area (Å²) in [4.78, 5) is 21.7. The van der Waals surface area contributed by atoms with E-state index in [2.05, 4.69) is 4.98 Å². The van der Waals surface area contributed by atoms with Crippen LogP contribution in [0.25, 0.3) is 0 Å². The van der Waals surface area contributed by atoms with Crippen molar-refractivity contribution in [2.75, 3.05) is 6.61 Å². The molecule has 1 aromatic rings. The molecule has 4 nitrogen and oxygen atoms in total. The van der Waals surface area contributed by atoms with Gasteiger partial charge in [-0.25, -0.2) is 13.8 Å². The number of nitrogens with zero attached hydrogens (tertiary/aromatic N) is 2. The second-order valence-corrected chi connectivity index (χ2v) is 5.52. The molecule has 0 radical (unpaired) electrons. The summed E-state index contributed by atoms with van der Waals surface area (Å²) in [5.41, 5.74) is -0.106. The maximum atomic E-state index is 13.0. The molecule has 0 spiro atoms. The third kappa shape index (κ3) is 2.65. The predicted molar refractivity (Wildman–Crippen MR) is 68.9 cm³/mol. The molecule has 2 heterocycles. The predicted octanol–water partition coefficient (Wildman–Crippen LogP) is 2.89. The van der Waals surface area contributed by atoms with Gasteiger partial charge in [0.05, 0.1) is 12.6 Å². The van der Waals surface area contributed by atoms with Crippen LogP contribution in [-0.4, -0.2) is 29.0 Å². The fraction of sp³-hybridized carbons (Fsp3) is 0.571. The fourth-order valence-corrected chi connectivity index (χ4v) is 2.03. The highest BCUT2D eigenvalue weighted by molar-refractivity contribution is 5.82. The number of aromatic nitrogens is 1. The van der Waals surface area contributed by atoms with Gasteiger partial charge in [0.15, 0.2) is 0 Å². The molecule has 1 aliphatic heterocycles. The maximum absolute atomic E-state index is 13.0. The molecule has 1 fully saturated rings. The average Bonchev–Trinajstić information content (AvgIpc) is 2.87. The van der Waals surface area contributed by atoms with Crippen molar-refractivity contribution in [3.8, 4) is 0 Å². The Morgan fingerprint density at radius 3 is 2.75 bits per heavy atom. The van der Waals surface area contributed by atoms with Crippen molar-refractivity contribution in [2.45, 2.75) is 39.7 Å². The lowest BCUT2D eigenvalue weighted by Gasteiger charge is -2.30. The molecule has 110 valence electrons. The van der Waals surface area contributed by atoms with Gasteiger partial charge in [-0.3, -0.25) is 14.6 Å². The van der Waals surface area contributed by atoms with Gasteiger partial charge in [0.2, 0.25) is 0 Å². The zero-order chi connectivity index (χ0) is 14.9. The molecular formula is C14H18F2N2O2. The van der Waals surface area contributed by atoms with E-state index < -0.39 is 17.7 Å². The Morgan fingerprint density at radius 1 is 1.50 bits per heavy atom. The molecule has 2 rings (SSSR count). The van der Waals surface area contributed by atoms with Gasteiger partial charge in [0, 0.05) is 18.3 Å². The van der Waals surface area contributed by atoms with Crippen LogP contribution in [0.15, 0.2) is 18.3 Å². The van der Waals surface area contributed by atoms with E-state index in [-0.39, 0.29) is 6.04 Å². The molecule has 0 aliphatic carbocycles. The summed E-state index contributed by atoms with van der Waals surface area (Å²) in [6.07, 6.45) is -0.504. The second kappa shape index (κ2) is 5.44. The highest BCUT2D eigenvalue weighted by Gasteiger charge is 2.45. The van der Waals surface area contributed by atoms with Gasteiger partial charge in [-0.1, -0.05) is 6.07 Å². The van der Waals surface area contributed by atoms with Gasteiger partial charge < -0.3 is 0 Å². The zero-order valence-electron chi connectivity index (χ0n) is 11.8. The molecule has 0 N–H and O–H groups in total. The van der Waals surface area contributed by atoms with Crippen molar-refractivity contribution in [1.29, 1.82) is 0 Å². The Morgan fingerprint density at radius 2 is 2.20 bits per heavy atom. The van der Waals surface area contributed by atoms with Crippen LogP contribution in [0.5, 0.6) is 0 Å². The van der Waals surface area contributed by atoms with E-state index in [9.17, 15) is 13.6 Å².